The largest absolute Gasteiger partial charge is 0.430 e. The molecule has 16 heavy (non-hydrogen) atoms. The van der Waals surface area contributed by atoms with E-state index in [9.17, 15) is 0 Å². The molecule has 1 unspecified atom stereocenters. The molecule has 0 spiro atoms. The van der Waals surface area contributed by atoms with Crippen molar-refractivity contribution in [1.82, 2.24) is 0 Å². The highest BCUT2D eigenvalue weighted by molar-refractivity contribution is 6.57. The van der Waals surface area contributed by atoms with Gasteiger partial charge in [-0.25, -0.2) is 0 Å². The van der Waals surface area contributed by atoms with Gasteiger partial charge in [0.15, 0.2) is 0 Å². The third kappa shape index (κ3) is 2.73. The number of hydrogen-bond acceptors (Lipinski definition) is 3. The maximum Gasteiger partial charge on any atom is 0.302 e. The first-order chi connectivity index (χ1) is 7.30. The Hall–Kier alpha value is -0.635. The summed E-state index contributed by atoms with van der Waals surface area (Å²) in [6.45, 7) is 14.6. The minimum atomic E-state index is -0.0837. The van der Waals surface area contributed by atoms with Gasteiger partial charge < -0.3 is 4.65 Å². The van der Waals surface area contributed by atoms with Crippen LogP contribution >= 0.6 is 0 Å². The van der Waals surface area contributed by atoms with Crippen molar-refractivity contribution < 1.29 is 4.65 Å². The molecule has 0 bridgehead atoms. The van der Waals surface area contributed by atoms with Crippen molar-refractivity contribution in [2.75, 3.05) is 0 Å². The maximum atomic E-state index is 6.19. The van der Waals surface area contributed by atoms with Crippen molar-refractivity contribution in [2.24, 2.45) is 15.6 Å². The van der Waals surface area contributed by atoms with Gasteiger partial charge in [0.1, 0.15) is 0 Å². The van der Waals surface area contributed by atoms with Crippen molar-refractivity contribution in [1.29, 1.82) is 0 Å². The van der Waals surface area contributed by atoms with Gasteiger partial charge in [0.25, 0.3) is 0 Å². The van der Waals surface area contributed by atoms with Gasteiger partial charge in [-0.15, -0.1) is 0 Å². The van der Waals surface area contributed by atoms with Gasteiger partial charge in [0.2, 0.25) is 0 Å². The predicted molar refractivity (Wildman–Crippen MR) is 71.6 cm³/mol. The third-order valence-corrected chi connectivity index (χ3v) is 4.10. The SMILES string of the molecule is C=N/N=C/C(C)B1CCC(C)(C)C(C)(C)O1. The molecule has 0 aliphatic carbocycles. The summed E-state index contributed by atoms with van der Waals surface area (Å²) < 4.78 is 6.19. The van der Waals surface area contributed by atoms with E-state index in [2.05, 4.69) is 51.5 Å². The van der Waals surface area contributed by atoms with Gasteiger partial charge in [-0.1, -0.05) is 20.8 Å². The molecule has 1 rings (SSSR count). The van der Waals surface area contributed by atoms with Crippen LogP contribution < -0.4 is 0 Å². The van der Waals surface area contributed by atoms with E-state index >= 15 is 0 Å². The van der Waals surface area contributed by atoms with E-state index in [1.807, 2.05) is 6.21 Å². The van der Waals surface area contributed by atoms with E-state index in [0.717, 1.165) is 6.32 Å². The Balaban J connectivity index is 2.68. The number of rotatable bonds is 3. The molecule has 1 atom stereocenters. The van der Waals surface area contributed by atoms with Crippen molar-refractivity contribution in [3.05, 3.63) is 0 Å². The third-order valence-electron chi connectivity index (χ3n) is 4.10. The van der Waals surface area contributed by atoms with Crippen LogP contribution in [0.15, 0.2) is 10.2 Å². The Labute approximate surface area is 99.5 Å². The van der Waals surface area contributed by atoms with Gasteiger partial charge in [-0.3, -0.25) is 0 Å². The zero-order chi connectivity index (χ0) is 12.4. The summed E-state index contributed by atoms with van der Waals surface area (Å²) in [6.07, 6.45) is 4.09. The fourth-order valence-electron chi connectivity index (χ4n) is 2.02. The Morgan fingerprint density at radius 2 is 2.00 bits per heavy atom. The topological polar surface area (TPSA) is 34.0 Å². The van der Waals surface area contributed by atoms with Gasteiger partial charge in [0.05, 0.1) is 5.60 Å². The van der Waals surface area contributed by atoms with Crippen molar-refractivity contribution in [2.45, 2.75) is 58.8 Å². The summed E-state index contributed by atoms with van der Waals surface area (Å²) in [5.74, 6) is 0.292. The molecule has 0 N–H and O–H groups in total. The summed E-state index contributed by atoms with van der Waals surface area (Å²) in [5, 5.41) is 7.34. The van der Waals surface area contributed by atoms with Crippen LogP contribution in [-0.2, 0) is 4.65 Å². The zero-order valence-electron chi connectivity index (χ0n) is 11.2. The maximum absolute atomic E-state index is 6.19. The van der Waals surface area contributed by atoms with E-state index in [1.54, 1.807) is 0 Å². The van der Waals surface area contributed by atoms with Crippen molar-refractivity contribution in [3.8, 4) is 0 Å². The summed E-state index contributed by atoms with van der Waals surface area (Å²) in [4.78, 5) is 0. The second-order valence-corrected chi connectivity index (χ2v) is 5.85. The van der Waals surface area contributed by atoms with Crippen LogP contribution in [0.4, 0.5) is 0 Å². The summed E-state index contributed by atoms with van der Waals surface area (Å²) in [5.41, 5.74) is 0.149. The highest BCUT2D eigenvalue weighted by Gasteiger charge is 2.45. The van der Waals surface area contributed by atoms with Crippen LogP contribution in [0.2, 0.25) is 12.1 Å². The molecule has 1 saturated heterocycles. The number of nitrogens with zero attached hydrogens (tertiary/aromatic N) is 2. The standard InChI is InChI=1S/C12H23BN2O/c1-10(9-15-14-6)13-8-7-11(2,3)12(4,5)16-13/h9-10H,6-8H2,1-5H3/b15-9+. The Kier molecular flexibility index (Phi) is 3.95. The monoisotopic (exact) mass is 222 g/mol. The molecule has 3 nitrogen and oxygen atoms in total. The second-order valence-electron chi connectivity index (χ2n) is 5.85. The molecular formula is C12H23BN2O. The normalized spacial score (nSPS) is 25.7. The van der Waals surface area contributed by atoms with E-state index < -0.39 is 0 Å². The molecule has 1 aliphatic rings. The zero-order valence-corrected chi connectivity index (χ0v) is 11.2. The molecule has 0 aromatic carbocycles. The van der Waals surface area contributed by atoms with Gasteiger partial charge in [-0.05, 0) is 37.8 Å². The van der Waals surface area contributed by atoms with Crippen molar-refractivity contribution >= 4 is 19.8 Å². The lowest BCUT2D eigenvalue weighted by Gasteiger charge is -2.49. The van der Waals surface area contributed by atoms with Crippen LogP contribution in [0, 0.1) is 5.41 Å². The predicted octanol–water partition coefficient (Wildman–Crippen LogP) is 3.28. The van der Waals surface area contributed by atoms with Gasteiger partial charge in [0, 0.05) is 12.9 Å². The number of hydrogen-bond donors (Lipinski definition) is 0. The lowest BCUT2D eigenvalue weighted by atomic mass is 9.48. The lowest BCUT2D eigenvalue weighted by Crippen LogP contribution is -2.51. The molecule has 0 radical (unpaired) electrons. The molecule has 0 aromatic heterocycles. The Morgan fingerprint density at radius 1 is 1.38 bits per heavy atom. The van der Waals surface area contributed by atoms with Crippen LogP contribution in [0.1, 0.15) is 41.0 Å². The minimum Gasteiger partial charge on any atom is -0.430 e. The van der Waals surface area contributed by atoms with Crippen LogP contribution in [-0.4, -0.2) is 25.4 Å². The van der Waals surface area contributed by atoms with E-state index in [4.69, 9.17) is 4.65 Å². The summed E-state index contributed by atoms with van der Waals surface area (Å²) >= 11 is 0. The van der Waals surface area contributed by atoms with Crippen LogP contribution in [0.5, 0.6) is 0 Å². The molecule has 0 aromatic rings. The molecule has 1 fully saturated rings. The van der Waals surface area contributed by atoms with Crippen LogP contribution in [0.3, 0.4) is 0 Å². The first-order valence-electron chi connectivity index (χ1n) is 5.97. The smallest absolute Gasteiger partial charge is 0.302 e. The molecule has 90 valence electrons. The molecular weight excluding hydrogens is 199 g/mol. The molecule has 4 heteroatoms. The molecule has 0 amide bonds. The van der Waals surface area contributed by atoms with Crippen molar-refractivity contribution in [3.63, 3.8) is 0 Å². The van der Waals surface area contributed by atoms with E-state index in [-0.39, 0.29) is 17.9 Å². The fraction of sp³-hybridized carbons (Fsp3) is 0.833. The first-order valence-corrected chi connectivity index (χ1v) is 5.97. The highest BCUT2D eigenvalue weighted by Crippen LogP contribution is 2.44. The highest BCUT2D eigenvalue weighted by atomic mass is 16.5. The molecule has 0 saturated carbocycles. The first kappa shape index (κ1) is 13.4. The van der Waals surface area contributed by atoms with Gasteiger partial charge >= 0.3 is 6.92 Å². The van der Waals surface area contributed by atoms with Gasteiger partial charge in [-0.2, -0.15) is 10.2 Å². The fourth-order valence-corrected chi connectivity index (χ4v) is 2.02. The summed E-state index contributed by atoms with van der Waals surface area (Å²) in [7, 11) is 0. The second kappa shape index (κ2) is 4.70. The average Bonchev–Trinajstić information content (AvgIpc) is 2.18. The van der Waals surface area contributed by atoms with Crippen LogP contribution in [0.25, 0.3) is 0 Å². The van der Waals surface area contributed by atoms with E-state index in [1.165, 1.54) is 6.42 Å². The average molecular weight is 222 g/mol. The Morgan fingerprint density at radius 3 is 2.50 bits per heavy atom. The van der Waals surface area contributed by atoms with E-state index in [0.29, 0.717) is 5.82 Å². The quantitative estimate of drug-likeness (QED) is 0.410. The lowest BCUT2D eigenvalue weighted by molar-refractivity contribution is -0.0343. The minimum absolute atomic E-state index is 0.0837. The Bertz CT molecular complexity index is 287. The molecule has 1 aliphatic heterocycles. The molecule has 1 heterocycles. The summed E-state index contributed by atoms with van der Waals surface area (Å²) in [6, 6.07) is 0.